The molecule has 0 aliphatic heterocycles. The van der Waals surface area contributed by atoms with Gasteiger partial charge in [0.2, 0.25) is 6.23 Å². The van der Waals surface area contributed by atoms with Gasteiger partial charge in [-0.05, 0) is 42.5 Å². The smallest absolute Gasteiger partial charge is 0.461 e. The normalized spacial score (nSPS) is 14.1. The molecular weight excluding hydrogens is 571 g/mol. The Labute approximate surface area is 219 Å². The molecule has 0 saturated heterocycles. The largest absolute Gasteiger partial charge is 0.466 e. The van der Waals surface area contributed by atoms with Crippen LogP contribution in [0.5, 0.6) is 11.5 Å². The van der Waals surface area contributed by atoms with Gasteiger partial charge in [0.05, 0.1) is 12.1 Å². The standard InChI is InChI=1S/C25H18F11NO3/c26-19-11-14(23(29,30)31)9-10-18(19)21(37(13-20(38)24(32,33)34)15-5-2-1-3-6-15)39-16-7-4-8-17(12-16)40-25(35,36)22(27)28/h1-12,20-22,38H,13H2. The molecule has 15 heteroatoms. The quantitative estimate of drug-likeness (QED) is 0.196. The van der Waals surface area contributed by atoms with Crippen molar-refractivity contribution in [2.24, 2.45) is 0 Å². The van der Waals surface area contributed by atoms with Crippen LogP contribution in [0.3, 0.4) is 0 Å². The second-order valence-corrected chi connectivity index (χ2v) is 8.19. The van der Waals surface area contributed by atoms with Crippen molar-refractivity contribution in [3.05, 3.63) is 89.7 Å². The number of ether oxygens (including phenoxy) is 2. The maximum absolute atomic E-state index is 15.1. The lowest BCUT2D eigenvalue weighted by Gasteiger charge is -2.36. The number of aliphatic hydroxyl groups excluding tert-OH is 1. The van der Waals surface area contributed by atoms with Crippen molar-refractivity contribution in [2.45, 2.75) is 37.2 Å². The zero-order chi connectivity index (χ0) is 29.9. The van der Waals surface area contributed by atoms with Crippen LogP contribution in [0.4, 0.5) is 54.0 Å². The highest BCUT2D eigenvalue weighted by Gasteiger charge is 2.44. The van der Waals surface area contributed by atoms with Gasteiger partial charge in [0, 0.05) is 17.3 Å². The molecule has 3 rings (SSSR count). The van der Waals surface area contributed by atoms with E-state index in [1.54, 1.807) is 0 Å². The first-order valence-electron chi connectivity index (χ1n) is 11.0. The molecule has 0 saturated carbocycles. The first kappa shape index (κ1) is 30.8. The zero-order valence-electron chi connectivity index (χ0n) is 19.7. The van der Waals surface area contributed by atoms with E-state index in [4.69, 9.17) is 4.74 Å². The molecule has 0 aromatic heterocycles. The van der Waals surface area contributed by atoms with Gasteiger partial charge in [0.25, 0.3) is 0 Å². The number of anilines is 1. The summed E-state index contributed by atoms with van der Waals surface area (Å²) in [4.78, 5) is 0.672. The van der Waals surface area contributed by atoms with E-state index in [-0.39, 0.29) is 11.8 Å². The summed E-state index contributed by atoms with van der Waals surface area (Å²) in [5, 5.41) is 9.78. The van der Waals surface area contributed by atoms with Crippen molar-refractivity contribution in [1.82, 2.24) is 0 Å². The highest BCUT2D eigenvalue weighted by atomic mass is 19.4. The van der Waals surface area contributed by atoms with Gasteiger partial charge in [-0.25, -0.2) is 4.39 Å². The Morgan fingerprint density at radius 3 is 1.95 bits per heavy atom. The number of nitrogens with zero attached hydrogens (tertiary/aromatic N) is 1. The Morgan fingerprint density at radius 1 is 0.775 bits per heavy atom. The molecule has 0 amide bonds. The van der Waals surface area contributed by atoms with E-state index in [9.17, 15) is 49.0 Å². The molecule has 2 atom stereocenters. The highest BCUT2D eigenvalue weighted by molar-refractivity contribution is 5.49. The number of hydrogen-bond acceptors (Lipinski definition) is 4. The molecule has 0 aliphatic rings. The molecule has 3 aromatic carbocycles. The van der Waals surface area contributed by atoms with Crippen molar-refractivity contribution in [3.63, 3.8) is 0 Å². The molecule has 4 nitrogen and oxygen atoms in total. The maximum Gasteiger partial charge on any atom is 0.461 e. The highest BCUT2D eigenvalue weighted by Crippen LogP contribution is 2.37. The first-order valence-corrected chi connectivity index (χ1v) is 11.0. The predicted molar refractivity (Wildman–Crippen MR) is 119 cm³/mol. The van der Waals surface area contributed by atoms with Crippen molar-refractivity contribution >= 4 is 5.69 Å². The van der Waals surface area contributed by atoms with Gasteiger partial charge >= 0.3 is 24.9 Å². The third-order valence-corrected chi connectivity index (χ3v) is 5.27. The molecule has 0 aliphatic carbocycles. The second-order valence-electron chi connectivity index (χ2n) is 8.19. The molecule has 0 spiro atoms. The van der Waals surface area contributed by atoms with E-state index in [0.717, 1.165) is 18.2 Å². The summed E-state index contributed by atoms with van der Waals surface area (Å²) < 4.78 is 156. The molecule has 0 fully saturated rings. The third kappa shape index (κ3) is 7.67. The van der Waals surface area contributed by atoms with Gasteiger partial charge in [-0.15, -0.1) is 0 Å². The first-order chi connectivity index (χ1) is 18.5. The maximum atomic E-state index is 15.1. The number of para-hydroxylation sites is 1. The number of hydrogen-bond donors (Lipinski definition) is 1. The Bertz CT molecular complexity index is 1270. The number of alkyl halides is 10. The van der Waals surface area contributed by atoms with Crippen LogP contribution >= 0.6 is 0 Å². The molecule has 0 radical (unpaired) electrons. The average molecular weight is 589 g/mol. The molecule has 218 valence electrons. The van der Waals surface area contributed by atoms with Crippen molar-refractivity contribution in [2.75, 3.05) is 11.4 Å². The minimum absolute atomic E-state index is 0.0672. The molecule has 0 bridgehead atoms. The Balaban J connectivity index is 2.13. The van der Waals surface area contributed by atoms with Gasteiger partial charge in [-0.1, -0.05) is 24.3 Å². The summed E-state index contributed by atoms with van der Waals surface area (Å²) in [6.07, 6.45) is -24.5. The fourth-order valence-electron chi connectivity index (χ4n) is 3.39. The van der Waals surface area contributed by atoms with Gasteiger partial charge < -0.3 is 19.5 Å². The van der Waals surface area contributed by atoms with E-state index < -0.39 is 72.2 Å². The predicted octanol–water partition coefficient (Wildman–Crippen LogP) is 7.59. The van der Waals surface area contributed by atoms with E-state index in [1.807, 2.05) is 0 Å². The van der Waals surface area contributed by atoms with E-state index in [2.05, 4.69) is 4.74 Å². The summed E-state index contributed by atoms with van der Waals surface area (Å²) in [6.45, 7) is -1.32. The molecule has 3 aromatic rings. The fraction of sp³-hybridized carbons (Fsp3) is 0.280. The number of rotatable bonds is 10. The van der Waals surface area contributed by atoms with Crippen LogP contribution in [0.15, 0.2) is 72.8 Å². The summed E-state index contributed by atoms with van der Waals surface area (Å²) in [7, 11) is 0. The lowest BCUT2D eigenvalue weighted by Crippen LogP contribution is -2.44. The van der Waals surface area contributed by atoms with Gasteiger partial charge in [0.15, 0.2) is 6.10 Å². The van der Waals surface area contributed by atoms with Crippen LogP contribution in [-0.2, 0) is 6.18 Å². The van der Waals surface area contributed by atoms with E-state index >= 15 is 4.39 Å². The average Bonchev–Trinajstić information content (AvgIpc) is 2.85. The Kier molecular flexibility index (Phi) is 9.07. The lowest BCUT2D eigenvalue weighted by atomic mass is 10.1. The molecule has 1 N–H and O–H groups in total. The van der Waals surface area contributed by atoms with Crippen LogP contribution in [0.25, 0.3) is 0 Å². The van der Waals surface area contributed by atoms with Crippen LogP contribution in [0.2, 0.25) is 0 Å². The van der Waals surface area contributed by atoms with Gasteiger partial charge in [-0.2, -0.15) is 43.9 Å². The third-order valence-electron chi connectivity index (χ3n) is 5.27. The van der Waals surface area contributed by atoms with Crippen molar-refractivity contribution < 1.29 is 62.9 Å². The monoisotopic (exact) mass is 589 g/mol. The summed E-state index contributed by atoms with van der Waals surface area (Å²) in [5.74, 6) is -2.98. The van der Waals surface area contributed by atoms with Crippen molar-refractivity contribution in [1.29, 1.82) is 0 Å². The zero-order valence-corrected chi connectivity index (χ0v) is 19.7. The molecular formula is C25H18F11NO3. The van der Waals surface area contributed by atoms with E-state index in [0.29, 0.717) is 23.1 Å². The number of aliphatic hydroxyl groups is 1. The van der Waals surface area contributed by atoms with Gasteiger partial charge in [0.1, 0.15) is 17.3 Å². The fourth-order valence-corrected chi connectivity index (χ4v) is 3.39. The van der Waals surface area contributed by atoms with Crippen LogP contribution in [-0.4, -0.2) is 36.5 Å². The number of benzene rings is 3. The number of halogens is 11. The Hall–Kier alpha value is -3.75. The van der Waals surface area contributed by atoms with Crippen LogP contribution in [0.1, 0.15) is 17.4 Å². The van der Waals surface area contributed by atoms with Gasteiger partial charge in [-0.3, -0.25) is 0 Å². The lowest BCUT2D eigenvalue weighted by molar-refractivity contribution is -0.253. The summed E-state index contributed by atoms with van der Waals surface area (Å²) >= 11 is 0. The Morgan fingerprint density at radius 2 is 1.40 bits per heavy atom. The SMILES string of the molecule is OC(CN(c1ccccc1)C(Oc1cccc(OC(F)(F)C(F)F)c1)c1ccc(C(F)(F)F)cc1F)C(F)(F)F. The second kappa shape index (κ2) is 11.8. The molecule has 2 unspecified atom stereocenters. The van der Waals surface area contributed by atoms with Crippen LogP contribution in [0, 0.1) is 5.82 Å². The minimum Gasteiger partial charge on any atom is -0.466 e. The molecule has 0 heterocycles. The minimum atomic E-state index is -5.19. The summed E-state index contributed by atoms with van der Waals surface area (Å²) in [6, 6.07) is 11.1. The topological polar surface area (TPSA) is 41.9 Å². The van der Waals surface area contributed by atoms with Crippen LogP contribution < -0.4 is 14.4 Å². The molecule has 40 heavy (non-hydrogen) atoms. The van der Waals surface area contributed by atoms with E-state index in [1.165, 1.54) is 30.3 Å². The summed E-state index contributed by atoms with van der Waals surface area (Å²) in [5.41, 5.74) is -2.29. The van der Waals surface area contributed by atoms with Crippen molar-refractivity contribution in [3.8, 4) is 11.5 Å².